The lowest BCUT2D eigenvalue weighted by Gasteiger charge is -2.10. The lowest BCUT2D eigenvalue weighted by atomic mass is 10.5. The second kappa shape index (κ2) is 4.58. The molecule has 6 heteroatoms. The SMILES string of the molecule is Cc1ccc(C)n1NCc1csc(C(=O)O)n1. The maximum atomic E-state index is 10.7. The second-order valence-electron chi connectivity index (χ2n) is 3.74. The van der Waals surface area contributed by atoms with E-state index in [1.54, 1.807) is 5.38 Å². The van der Waals surface area contributed by atoms with Gasteiger partial charge in [0.25, 0.3) is 0 Å². The van der Waals surface area contributed by atoms with Crippen molar-refractivity contribution in [3.05, 3.63) is 39.6 Å². The molecule has 0 fully saturated rings. The molecule has 0 radical (unpaired) electrons. The quantitative estimate of drug-likeness (QED) is 0.872. The first kappa shape index (κ1) is 11.7. The van der Waals surface area contributed by atoms with Gasteiger partial charge in [-0.25, -0.2) is 9.78 Å². The normalized spacial score (nSPS) is 10.5. The van der Waals surface area contributed by atoms with Crippen LogP contribution in [0.5, 0.6) is 0 Å². The molecule has 0 saturated carbocycles. The van der Waals surface area contributed by atoms with Gasteiger partial charge in [0.1, 0.15) is 0 Å². The van der Waals surface area contributed by atoms with Crippen LogP contribution in [-0.2, 0) is 6.54 Å². The summed E-state index contributed by atoms with van der Waals surface area (Å²) < 4.78 is 1.96. The topological polar surface area (TPSA) is 67.2 Å². The molecule has 90 valence electrons. The molecule has 0 aliphatic carbocycles. The Hall–Kier alpha value is -1.82. The van der Waals surface area contributed by atoms with Crippen molar-refractivity contribution in [3.8, 4) is 0 Å². The fourth-order valence-corrected chi connectivity index (χ4v) is 2.22. The van der Waals surface area contributed by atoms with Crippen LogP contribution in [0.4, 0.5) is 0 Å². The van der Waals surface area contributed by atoms with E-state index in [0.717, 1.165) is 28.4 Å². The van der Waals surface area contributed by atoms with Crippen LogP contribution < -0.4 is 5.43 Å². The molecule has 0 amide bonds. The van der Waals surface area contributed by atoms with Gasteiger partial charge in [-0.3, -0.25) is 4.68 Å². The van der Waals surface area contributed by atoms with Gasteiger partial charge in [0.2, 0.25) is 5.01 Å². The number of aromatic carboxylic acids is 1. The van der Waals surface area contributed by atoms with Crippen molar-refractivity contribution in [3.63, 3.8) is 0 Å². The third-order valence-corrected chi connectivity index (χ3v) is 3.30. The summed E-state index contributed by atoms with van der Waals surface area (Å²) in [5.74, 6) is -0.977. The molecule has 2 rings (SSSR count). The summed E-state index contributed by atoms with van der Waals surface area (Å²) in [7, 11) is 0. The zero-order valence-electron chi connectivity index (χ0n) is 9.60. The molecule has 0 aliphatic heterocycles. The predicted octanol–water partition coefficient (Wildman–Crippen LogP) is 2.00. The standard InChI is InChI=1S/C11H13N3O2S/c1-7-3-4-8(2)14(7)12-5-9-6-17-10(13-9)11(15)16/h3-4,6,12H,5H2,1-2H3,(H,15,16). The maximum Gasteiger partial charge on any atom is 0.365 e. The highest BCUT2D eigenvalue weighted by Gasteiger charge is 2.09. The number of aryl methyl sites for hydroxylation is 2. The number of carboxylic acids is 1. The molecular formula is C11H13N3O2S. The molecule has 0 aromatic carbocycles. The zero-order valence-corrected chi connectivity index (χ0v) is 10.4. The lowest BCUT2D eigenvalue weighted by Crippen LogP contribution is -2.17. The fourth-order valence-electron chi connectivity index (χ4n) is 1.56. The van der Waals surface area contributed by atoms with Crippen molar-refractivity contribution in [2.75, 3.05) is 5.43 Å². The summed E-state index contributed by atoms with van der Waals surface area (Å²) in [6.45, 7) is 4.52. The van der Waals surface area contributed by atoms with Gasteiger partial charge in [-0.15, -0.1) is 11.3 Å². The molecule has 0 aliphatic rings. The molecule has 0 saturated heterocycles. The Labute approximate surface area is 103 Å². The van der Waals surface area contributed by atoms with E-state index in [-0.39, 0.29) is 5.01 Å². The lowest BCUT2D eigenvalue weighted by molar-refractivity contribution is 0.0696. The molecule has 0 atom stereocenters. The van der Waals surface area contributed by atoms with E-state index in [1.807, 2.05) is 30.7 Å². The van der Waals surface area contributed by atoms with Crippen LogP contribution in [0, 0.1) is 13.8 Å². The number of aromatic nitrogens is 2. The summed E-state index contributed by atoms with van der Waals surface area (Å²) in [4.78, 5) is 14.7. The van der Waals surface area contributed by atoms with Crippen LogP contribution >= 0.6 is 11.3 Å². The Morgan fingerprint density at radius 3 is 2.65 bits per heavy atom. The first-order valence-electron chi connectivity index (χ1n) is 5.14. The summed E-state index contributed by atoms with van der Waals surface area (Å²) >= 11 is 1.14. The Bertz CT molecular complexity index is 525. The number of rotatable bonds is 4. The Morgan fingerprint density at radius 1 is 1.47 bits per heavy atom. The molecule has 5 nitrogen and oxygen atoms in total. The van der Waals surface area contributed by atoms with E-state index in [2.05, 4.69) is 10.4 Å². The average Bonchev–Trinajstić information content (AvgIpc) is 2.85. The van der Waals surface area contributed by atoms with E-state index in [0.29, 0.717) is 6.54 Å². The monoisotopic (exact) mass is 251 g/mol. The second-order valence-corrected chi connectivity index (χ2v) is 4.59. The van der Waals surface area contributed by atoms with Crippen LogP contribution in [0.3, 0.4) is 0 Å². The predicted molar refractivity (Wildman–Crippen MR) is 66.0 cm³/mol. The minimum Gasteiger partial charge on any atom is -0.476 e. The fraction of sp³-hybridized carbons (Fsp3) is 0.273. The smallest absolute Gasteiger partial charge is 0.365 e. The molecule has 2 aromatic rings. The van der Waals surface area contributed by atoms with Gasteiger partial charge in [0.05, 0.1) is 12.2 Å². The summed E-state index contributed by atoms with van der Waals surface area (Å²) in [6, 6.07) is 4.04. The maximum absolute atomic E-state index is 10.7. The first-order chi connectivity index (χ1) is 8.08. The number of carbonyl (C=O) groups is 1. The van der Waals surface area contributed by atoms with Gasteiger partial charge >= 0.3 is 5.97 Å². The number of carboxylic acid groups (broad SMARTS) is 1. The number of hydrogen-bond donors (Lipinski definition) is 2. The molecule has 2 aromatic heterocycles. The van der Waals surface area contributed by atoms with Crippen molar-refractivity contribution in [1.29, 1.82) is 0 Å². The highest BCUT2D eigenvalue weighted by Crippen LogP contribution is 2.10. The van der Waals surface area contributed by atoms with E-state index in [1.165, 1.54) is 0 Å². The third kappa shape index (κ3) is 2.47. The number of thiazole rings is 1. The van der Waals surface area contributed by atoms with Crippen LogP contribution in [0.1, 0.15) is 26.9 Å². The van der Waals surface area contributed by atoms with Gasteiger partial charge in [-0.2, -0.15) is 0 Å². The van der Waals surface area contributed by atoms with Crippen LogP contribution in [0.15, 0.2) is 17.5 Å². The number of nitrogens with zero attached hydrogens (tertiary/aromatic N) is 2. The molecule has 0 unspecified atom stereocenters. The summed E-state index contributed by atoms with van der Waals surface area (Å²) in [5.41, 5.74) is 6.15. The van der Waals surface area contributed by atoms with Crippen molar-refractivity contribution in [2.24, 2.45) is 0 Å². The van der Waals surface area contributed by atoms with Gasteiger partial charge < -0.3 is 10.5 Å². The van der Waals surface area contributed by atoms with E-state index >= 15 is 0 Å². The Balaban J connectivity index is 2.05. The van der Waals surface area contributed by atoms with Crippen LogP contribution in [-0.4, -0.2) is 20.7 Å². The molecule has 2 heterocycles. The molecule has 2 N–H and O–H groups in total. The molecule has 0 spiro atoms. The van der Waals surface area contributed by atoms with Crippen LogP contribution in [0.25, 0.3) is 0 Å². The zero-order chi connectivity index (χ0) is 12.4. The van der Waals surface area contributed by atoms with Crippen molar-refractivity contribution in [1.82, 2.24) is 9.66 Å². The van der Waals surface area contributed by atoms with Crippen molar-refractivity contribution >= 4 is 17.3 Å². The van der Waals surface area contributed by atoms with Gasteiger partial charge in [0.15, 0.2) is 0 Å². The Morgan fingerprint density at radius 2 is 2.12 bits per heavy atom. The largest absolute Gasteiger partial charge is 0.476 e. The highest BCUT2D eigenvalue weighted by atomic mass is 32.1. The molecule has 0 bridgehead atoms. The third-order valence-electron chi connectivity index (χ3n) is 2.42. The van der Waals surface area contributed by atoms with Gasteiger partial charge in [0, 0.05) is 16.8 Å². The van der Waals surface area contributed by atoms with E-state index in [4.69, 9.17) is 5.11 Å². The highest BCUT2D eigenvalue weighted by molar-refractivity contribution is 7.11. The van der Waals surface area contributed by atoms with E-state index in [9.17, 15) is 4.79 Å². The van der Waals surface area contributed by atoms with Gasteiger partial charge in [-0.05, 0) is 26.0 Å². The average molecular weight is 251 g/mol. The molecular weight excluding hydrogens is 238 g/mol. The van der Waals surface area contributed by atoms with Crippen molar-refractivity contribution in [2.45, 2.75) is 20.4 Å². The summed E-state index contributed by atoms with van der Waals surface area (Å²) in [5, 5.41) is 10.6. The minimum atomic E-state index is -0.977. The van der Waals surface area contributed by atoms with Crippen LogP contribution in [0.2, 0.25) is 0 Å². The number of hydrogen-bond acceptors (Lipinski definition) is 4. The Kier molecular flexibility index (Phi) is 3.14. The molecule has 17 heavy (non-hydrogen) atoms. The minimum absolute atomic E-state index is 0.128. The number of nitrogens with one attached hydrogen (secondary N) is 1. The summed E-state index contributed by atoms with van der Waals surface area (Å²) in [6.07, 6.45) is 0. The van der Waals surface area contributed by atoms with Crippen molar-refractivity contribution < 1.29 is 9.90 Å². The van der Waals surface area contributed by atoms with E-state index < -0.39 is 5.97 Å². The van der Waals surface area contributed by atoms with Gasteiger partial charge in [-0.1, -0.05) is 0 Å². The first-order valence-corrected chi connectivity index (χ1v) is 6.02.